The van der Waals surface area contributed by atoms with Crippen molar-refractivity contribution in [3.8, 4) is 5.75 Å². The van der Waals surface area contributed by atoms with Gasteiger partial charge in [0.25, 0.3) is 0 Å². The lowest BCUT2D eigenvalue weighted by molar-refractivity contribution is -0.138. The zero-order valence-corrected chi connectivity index (χ0v) is 19.0. The molecule has 1 aromatic carbocycles. The first-order valence-corrected chi connectivity index (χ1v) is 11.8. The molecule has 0 aliphatic carbocycles. The standard InChI is InChI=1S/C26H42O3/c1-4-6-7-8-9-10-11-12-13-14-15-16-21-29-25-19-17-24(18-20-25)22-23(3)26(27)28-5-2/h17-20,22H,4-16,21H2,1-3H3/b23-22+. The number of hydrogen-bond acceptors (Lipinski definition) is 3. The molecule has 0 aliphatic heterocycles. The molecule has 0 amide bonds. The molecule has 3 nitrogen and oxygen atoms in total. The Kier molecular flexibility index (Phi) is 14.9. The van der Waals surface area contributed by atoms with Crippen LogP contribution >= 0.6 is 0 Å². The second-order valence-electron chi connectivity index (χ2n) is 7.85. The monoisotopic (exact) mass is 402 g/mol. The van der Waals surface area contributed by atoms with Gasteiger partial charge in [-0.2, -0.15) is 0 Å². The van der Waals surface area contributed by atoms with Crippen molar-refractivity contribution in [2.45, 2.75) is 97.8 Å². The maximum Gasteiger partial charge on any atom is 0.333 e. The molecule has 0 radical (unpaired) electrons. The minimum absolute atomic E-state index is 0.264. The quantitative estimate of drug-likeness (QED) is 0.152. The van der Waals surface area contributed by atoms with E-state index in [1.807, 2.05) is 37.3 Å². The first kappa shape index (κ1) is 25.3. The third kappa shape index (κ3) is 13.1. The van der Waals surface area contributed by atoms with E-state index < -0.39 is 0 Å². The second-order valence-corrected chi connectivity index (χ2v) is 7.85. The van der Waals surface area contributed by atoms with Crippen molar-refractivity contribution in [3.63, 3.8) is 0 Å². The zero-order chi connectivity index (χ0) is 21.2. The van der Waals surface area contributed by atoms with Crippen LogP contribution in [0.25, 0.3) is 6.08 Å². The number of unbranched alkanes of at least 4 members (excludes halogenated alkanes) is 11. The van der Waals surface area contributed by atoms with Crippen molar-refractivity contribution in [1.82, 2.24) is 0 Å². The summed E-state index contributed by atoms with van der Waals surface area (Å²) in [5.41, 5.74) is 1.59. The summed E-state index contributed by atoms with van der Waals surface area (Å²) in [5.74, 6) is 0.624. The zero-order valence-electron chi connectivity index (χ0n) is 19.0. The first-order valence-electron chi connectivity index (χ1n) is 11.8. The Labute approximate surface area is 178 Å². The van der Waals surface area contributed by atoms with Crippen LogP contribution in [0.5, 0.6) is 5.75 Å². The second kappa shape index (κ2) is 17.1. The summed E-state index contributed by atoms with van der Waals surface area (Å²) >= 11 is 0. The van der Waals surface area contributed by atoms with Crippen LogP contribution in [0.3, 0.4) is 0 Å². The van der Waals surface area contributed by atoms with E-state index in [9.17, 15) is 4.79 Å². The van der Waals surface area contributed by atoms with Crippen molar-refractivity contribution in [1.29, 1.82) is 0 Å². The summed E-state index contributed by atoms with van der Waals surface area (Å²) in [6, 6.07) is 7.87. The summed E-state index contributed by atoms with van der Waals surface area (Å²) in [7, 11) is 0. The summed E-state index contributed by atoms with van der Waals surface area (Å²) in [6.45, 7) is 7.03. The van der Waals surface area contributed by atoms with E-state index in [1.54, 1.807) is 6.92 Å². The van der Waals surface area contributed by atoms with Gasteiger partial charge in [0.1, 0.15) is 5.75 Å². The minimum atomic E-state index is -0.264. The van der Waals surface area contributed by atoms with Gasteiger partial charge < -0.3 is 9.47 Å². The van der Waals surface area contributed by atoms with Crippen LogP contribution in [-0.4, -0.2) is 19.2 Å². The molecule has 29 heavy (non-hydrogen) atoms. The topological polar surface area (TPSA) is 35.5 Å². The third-order valence-corrected chi connectivity index (χ3v) is 5.13. The molecule has 0 heterocycles. The Morgan fingerprint density at radius 2 is 1.31 bits per heavy atom. The Hall–Kier alpha value is -1.77. The lowest BCUT2D eigenvalue weighted by Crippen LogP contribution is -2.04. The van der Waals surface area contributed by atoms with E-state index in [4.69, 9.17) is 9.47 Å². The number of carbonyl (C=O) groups excluding carboxylic acids is 1. The molecule has 1 rings (SSSR count). The predicted molar refractivity (Wildman–Crippen MR) is 123 cm³/mol. The van der Waals surface area contributed by atoms with Gasteiger partial charge >= 0.3 is 5.97 Å². The summed E-state index contributed by atoms with van der Waals surface area (Å²) in [4.78, 5) is 11.6. The maximum absolute atomic E-state index is 11.6. The fraction of sp³-hybridized carbons (Fsp3) is 0.654. The number of esters is 1. The summed E-state index contributed by atoms with van der Waals surface area (Å²) < 4.78 is 10.8. The molecule has 0 atom stereocenters. The lowest BCUT2D eigenvalue weighted by Gasteiger charge is -2.07. The average Bonchev–Trinajstić information content (AvgIpc) is 2.72. The fourth-order valence-electron chi connectivity index (χ4n) is 3.35. The molecule has 0 aromatic heterocycles. The molecular weight excluding hydrogens is 360 g/mol. The van der Waals surface area contributed by atoms with E-state index in [0.717, 1.165) is 24.3 Å². The maximum atomic E-state index is 11.6. The van der Waals surface area contributed by atoms with Crippen LogP contribution in [0.2, 0.25) is 0 Å². The molecule has 0 N–H and O–H groups in total. The Balaban J connectivity index is 2.05. The van der Waals surface area contributed by atoms with Crippen LogP contribution in [0.4, 0.5) is 0 Å². The van der Waals surface area contributed by atoms with Gasteiger partial charge in [-0.1, -0.05) is 89.7 Å². The van der Waals surface area contributed by atoms with E-state index >= 15 is 0 Å². The molecule has 0 fully saturated rings. The largest absolute Gasteiger partial charge is 0.494 e. The number of carbonyl (C=O) groups is 1. The lowest BCUT2D eigenvalue weighted by atomic mass is 10.1. The van der Waals surface area contributed by atoms with Gasteiger partial charge in [0, 0.05) is 5.57 Å². The normalized spacial score (nSPS) is 11.5. The number of hydrogen-bond donors (Lipinski definition) is 0. The van der Waals surface area contributed by atoms with Crippen LogP contribution < -0.4 is 4.74 Å². The van der Waals surface area contributed by atoms with E-state index in [1.165, 1.54) is 70.6 Å². The van der Waals surface area contributed by atoms with E-state index in [0.29, 0.717) is 12.2 Å². The Bertz CT molecular complexity index is 560. The Morgan fingerprint density at radius 1 is 0.793 bits per heavy atom. The summed E-state index contributed by atoms with van der Waals surface area (Å²) in [5, 5.41) is 0. The van der Waals surface area contributed by atoms with E-state index in [-0.39, 0.29) is 5.97 Å². The molecule has 0 spiro atoms. The minimum Gasteiger partial charge on any atom is -0.494 e. The van der Waals surface area contributed by atoms with Gasteiger partial charge in [0.05, 0.1) is 13.2 Å². The molecule has 164 valence electrons. The van der Waals surface area contributed by atoms with Crippen LogP contribution in [0.15, 0.2) is 29.8 Å². The van der Waals surface area contributed by atoms with Gasteiger partial charge in [-0.3, -0.25) is 0 Å². The molecule has 1 aromatic rings. The van der Waals surface area contributed by atoms with Crippen molar-refractivity contribution in [2.75, 3.05) is 13.2 Å². The molecule has 0 unspecified atom stereocenters. The smallest absolute Gasteiger partial charge is 0.333 e. The van der Waals surface area contributed by atoms with Crippen molar-refractivity contribution in [2.24, 2.45) is 0 Å². The molecule has 0 saturated carbocycles. The molecule has 0 saturated heterocycles. The van der Waals surface area contributed by atoms with Gasteiger partial charge in [-0.25, -0.2) is 4.79 Å². The SMILES string of the molecule is CCCCCCCCCCCCCCOc1ccc(/C=C(\C)C(=O)OCC)cc1. The first-order chi connectivity index (χ1) is 14.2. The Morgan fingerprint density at radius 3 is 1.83 bits per heavy atom. The van der Waals surface area contributed by atoms with Crippen LogP contribution in [-0.2, 0) is 9.53 Å². The van der Waals surface area contributed by atoms with E-state index in [2.05, 4.69) is 6.92 Å². The van der Waals surface area contributed by atoms with Gasteiger partial charge in [-0.15, -0.1) is 0 Å². The highest BCUT2D eigenvalue weighted by Gasteiger charge is 2.04. The molecular formula is C26H42O3. The molecule has 3 heteroatoms. The van der Waals surface area contributed by atoms with Crippen molar-refractivity contribution in [3.05, 3.63) is 35.4 Å². The average molecular weight is 403 g/mol. The molecule has 0 bridgehead atoms. The summed E-state index contributed by atoms with van der Waals surface area (Å²) in [6.07, 6.45) is 18.1. The highest BCUT2D eigenvalue weighted by Crippen LogP contribution is 2.16. The number of benzene rings is 1. The highest BCUT2D eigenvalue weighted by molar-refractivity contribution is 5.92. The number of ether oxygens (including phenoxy) is 2. The van der Waals surface area contributed by atoms with Crippen LogP contribution in [0, 0.1) is 0 Å². The molecule has 0 aliphatic rings. The van der Waals surface area contributed by atoms with Gasteiger partial charge in [-0.05, 0) is 44.0 Å². The highest BCUT2D eigenvalue weighted by atomic mass is 16.5. The fourth-order valence-corrected chi connectivity index (χ4v) is 3.35. The third-order valence-electron chi connectivity index (χ3n) is 5.13. The van der Waals surface area contributed by atoms with Gasteiger partial charge in [0.2, 0.25) is 0 Å². The van der Waals surface area contributed by atoms with Gasteiger partial charge in [0.15, 0.2) is 0 Å². The van der Waals surface area contributed by atoms with Crippen molar-refractivity contribution < 1.29 is 14.3 Å². The number of rotatable bonds is 17. The predicted octanol–water partition coefficient (Wildman–Crippen LogP) is 7.73. The van der Waals surface area contributed by atoms with Crippen LogP contribution in [0.1, 0.15) is 103 Å². The van der Waals surface area contributed by atoms with Crippen molar-refractivity contribution >= 4 is 12.0 Å².